The van der Waals surface area contributed by atoms with E-state index in [2.05, 4.69) is 48.9 Å². The van der Waals surface area contributed by atoms with E-state index in [1.54, 1.807) is 18.2 Å². The van der Waals surface area contributed by atoms with Gasteiger partial charge in [0, 0.05) is 25.7 Å². The molecule has 2 aromatic carbocycles. The first-order valence-corrected chi connectivity index (χ1v) is 12.9. The van der Waals surface area contributed by atoms with Gasteiger partial charge in [-0.15, -0.1) is 0 Å². The molecular formula is C29H41N3O3. The highest BCUT2D eigenvalue weighted by molar-refractivity contribution is 5.82. The maximum atomic E-state index is 13.4. The van der Waals surface area contributed by atoms with Crippen LogP contribution in [0, 0.1) is 11.8 Å². The van der Waals surface area contributed by atoms with E-state index in [-0.39, 0.29) is 29.2 Å². The summed E-state index contributed by atoms with van der Waals surface area (Å²) in [5, 5.41) is 23.2. The van der Waals surface area contributed by atoms with Gasteiger partial charge in [0.05, 0.1) is 6.04 Å². The van der Waals surface area contributed by atoms with E-state index in [4.69, 9.17) is 0 Å². The SMILES string of the molecule is CC(C)[C@@H](CN1CC[C@@](C)(c2cccc(O)c2)[C@@H](C)C1)NC(=O)[C@@H]1Cc2ccc(O)cc2CN1C. The Bertz CT molecular complexity index is 1060. The molecule has 190 valence electrons. The number of phenolic OH excluding ortho intramolecular Hbond substituents is 2. The van der Waals surface area contributed by atoms with Crippen LogP contribution in [0.4, 0.5) is 0 Å². The monoisotopic (exact) mass is 479 g/mol. The molecule has 2 aromatic rings. The van der Waals surface area contributed by atoms with Gasteiger partial charge in [-0.2, -0.15) is 0 Å². The van der Waals surface area contributed by atoms with Crippen molar-refractivity contribution in [3.63, 3.8) is 0 Å². The van der Waals surface area contributed by atoms with Crippen LogP contribution in [0.3, 0.4) is 0 Å². The largest absolute Gasteiger partial charge is 0.508 e. The first-order valence-electron chi connectivity index (χ1n) is 12.9. The number of likely N-dealkylation sites (N-methyl/N-ethyl adjacent to an activating group) is 1. The molecule has 0 spiro atoms. The van der Waals surface area contributed by atoms with E-state index in [0.717, 1.165) is 37.2 Å². The molecule has 2 heterocycles. The Morgan fingerprint density at radius 2 is 1.89 bits per heavy atom. The smallest absolute Gasteiger partial charge is 0.237 e. The van der Waals surface area contributed by atoms with Crippen molar-refractivity contribution >= 4 is 5.91 Å². The zero-order chi connectivity index (χ0) is 25.3. The van der Waals surface area contributed by atoms with E-state index in [1.807, 2.05) is 25.2 Å². The lowest BCUT2D eigenvalue weighted by molar-refractivity contribution is -0.127. The molecule has 0 aromatic heterocycles. The number of nitrogens with zero attached hydrogens (tertiary/aromatic N) is 2. The van der Waals surface area contributed by atoms with E-state index < -0.39 is 0 Å². The van der Waals surface area contributed by atoms with Gasteiger partial charge in [-0.3, -0.25) is 9.69 Å². The number of carbonyl (C=O) groups is 1. The van der Waals surface area contributed by atoms with Gasteiger partial charge in [-0.25, -0.2) is 0 Å². The van der Waals surface area contributed by atoms with Crippen molar-refractivity contribution < 1.29 is 15.0 Å². The minimum atomic E-state index is -0.206. The van der Waals surface area contributed by atoms with Gasteiger partial charge in [-0.1, -0.05) is 45.9 Å². The number of fused-ring (bicyclic) bond motifs is 1. The Labute approximate surface area is 210 Å². The van der Waals surface area contributed by atoms with Crippen molar-refractivity contribution in [2.75, 3.05) is 26.7 Å². The molecule has 35 heavy (non-hydrogen) atoms. The van der Waals surface area contributed by atoms with Crippen molar-refractivity contribution in [2.45, 2.75) is 64.6 Å². The third kappa shape index (κ3) is 5.49. The number of hydrogen-bond donors (Lipinski definition) is 3. The quantitative estimate of drug-likeness (QED) is 0.586. The normalized spacial score (nSPS) is 26.3. The second kappa shape index (κ2) is 10.2. The summed E-state index contributed by atoms with van der Waals surface area (Å²) in [5.74, 6) is 1.44. The Morgan fingerprint density at radius 1 is 1.14 bits per heavy atom. The number of nitrogens with one attached hydrogen (secondary N) is 1. The summed E-state index contributed by atoms with van der Waals surface area (Å²) in [6.07, 6.45) is 1.68. The van der Waals surface area contributed by atoms with E-state index in [1.165, 1.54) is 5.56 Å². The molecule has 0 radical (unpaired) electrons. The molecule has 2 aliphatic rings. The third-order valence-corrected chi connectivity index (χ3v) is 8.52. The van der Waals surface area contributed by atoms with E-state index >= 15 is 0 Å². The number of hydrogen-bond acceptors (Lipinski definition) is 5. The number of amides is 1. The van der Waals surface area contributed by atoms with Gasteiger partial charge in [0.25, 0.3) is 0 Å². The van der Waals surface area contributed by atoms with Crippen LogP contribution >= 0.6 is 0 Å². The summed E-state index contributed by atoms with van der Waals surface area (Å²) in [5.41, 5.74) is 3.46. The highest BCUT2D eigenvalue weighted by Crippen LogP contribution is 2.40. The Balaban J connectivity index is 1.39. The summed E-state index contributed by atoms with van der Waals surface area (Å²) >= 11 is 0. The van der Waals surface area contributed by atoms with Crippen LogP contribution in [0.5, 0.6) is 11.5 Å². The van der Waals surface area contributed by atoms with Crippen molar-refractivity contribution in [3.8, 4) is 11.5 Å². The van der Waals surface area contributed by atoms with Crippen LogP contribution in [-0.4, -0.2) is 64.7 Å². The van der Waals surface area contributed by atoms with Crippen LogP contribution in [0.1, 0.15) is 50.8 Å². The lowest BCUT2D eigenvalue weighted by Gasteiger charge is -2.46. The molecule has 6 heteroatoms. The van der Waals surface area contributed by atoms with Crippen LogP contribution in [0.25, 0.3) is 0 Å². The minimum Gasteiger partial charge on any atom is -0.508 e. The van der Waals surface area contributed by atoms with Crippen molar-refractivity contribution in [2.24, 2.45) is 11.8 Å². The molecule has 1 amide bonds. The lowest BCUT2D eigenvalue weighted by Crippen LogP contribution is -2.56. The molecular weight excluding hydrogens is 438 g/mol. The molecule has 0 bridgehead atoms. The Morgan fingerprint density at radius 3 is 2.57 bits per heavy atom. The molecule has 0 aliphatic carbocycles. The van der Waals surface area contributed by atoms with Gasteiger partial charge in [0.2, 0.25) is 5.91 Å². The van der Waals surface area contributed by atoms with Crippen LogP contribution in [0.15, 0.2) is 42.5 Å². The summed E-state index contributed by atoms with van der Waals surface area (Å²) in [7, 11) is 1.98. The Kier molecular flexibility index (Phi) is 7.43. The third-order valence-electron chi connectivity index (χ3n) is 8.52. The van der Waals surface area contributed by atoms with Crippen LogP contribution < -0.4 is 5.32 Å². The van der Waals surface area contributed by atoms with Gasteiger partial charge in [-0.05, 0) is 84.6 Å². The van der Waals surface area contributed by atoms with Gasteiger partial charge >= 0.3 is 0 Å². The topological polar surface area (TPSA) is 76.0 Å². The summed E-state index contributed by atoms with van der Waals surface area (Å²) < 4.78 is 0. The molecule has 1 saturated heterocycles. The first kappa shape index (κ1) is 25.5. The minimum absolute atomic E-state index is 0.0262. The summed E-state index contributed by atoms with van der Waals surface area (Å²) in [4.78, 5) is 18.0. The summed E-state index contributed by atoms with van der Waals surface area (Å²) in [6, 6.07) is 13.0. The average molecular weight is 480 g/mol. The predicted octanol–water partition coefficient (Wildman–Crippen LogP) is 3.89. The Hall–Kier alpha value is -2.57. The number of rotatable bonds is 6. The molecule has 1 fully saturated rings. The number of carbonyl (C=O) groups excluding carboxylic acids is 1. The average Bonchev–Trinajstić information content (AvgIpc) is 2.80. The molecule has 0 unspecified atom stereocenters. The van der Waals surface area contributed by atoms with Crippen molar-refractivity contribution in [1.29, 1.82) is 0 Å². The number of piperidine rings is 1. The lowest BCUT2D eigenvalue weighted by atomic mass is 9.68. The van der Waals surface area contributed by atoms with E-state index in [9.17, 15) is 15.0 Å². The standard InChI is InChI=1S/C29H41N3O3/c1-19(2)26(30-28(35)27-14-21-9-10-25(34)13-22(21)17-31(27)5)18-32-12-11-29(4,20(3)16-32)23-7-6-8-24(33)15-23/h6-10,13,15,19-20,26-27,33-34H,11-12,14,16-18H2,1-5H3,(H,30,35)/t20-,26+,27-,29+/m0/s1. The molecule has 3 N–H and O–H groups in total. The molecule has 2 aliphatic heterocycles. The first-order chi connectivity index (χ1) is 16.6. The molecule has 4 rings (SSSR count). The highest BCUT2D eigenvalue weighted by atomic mass is 16.3. The fourth-order valence-corrected chi connectivity index (χ4v) is 5.75. The fourth-order valence-electron chi connectivity index (χ4n) is 5.75. The maximum Gasteiger partial charge on any atom is 0.237 e. The summed E-state index contributed by atoms with van der Waals surface area (Å²) in [6.45, 7) is 12.4. The maximum absolute atomic E-state index is 13.4. The number of benzene rings is 2. The van der Waals surface area contributed by atoms with Crippen LogP contribution in [0.2, 0.25) is 0 Å². The fraction of sp³-hybridized carbons (Fsp3) is 0.552. The molecule has 0 saturated carbocycles. The zero-order valence-corrected chi connectivity index (χ0v) is 21.8. The second-order valence-electron chi connectivity index (χ2n) is 11.3. The van der Waals surface area contributed by atoms with Gasteiger partial charge in [0.1, 0.15) is 11.5 Å². The second-order valence-corrected chi connectivity index (χ2v) is 11.3. The van der Waals surface area contributed by atoms with Crippen molar-refractivity contribution in [1.82, 2.24) is 15.1 Å². The van der Waals surface area contributed by atoms with Gasteiger partial charge in [0.15, 0.2) is 0 Å². The predicted molar refractivity (Wildman–Crippen MR) is 140 cm³/mol. The number of phenols is 2. The number of likely N-dealkylation sites (tertiary alicyclic amines) is 1. The van der Waals surface area contributed by atoms with Gasteiger partial charge < -0.3 is 20.4 Å². The molecule has 4 atom stereocenters. The van der Waals surface area contributed by atoms with Crippen molar-refractivity contribution in [3.05, 3.63) is 59.2 Å². The zero-order valence-electron chi connectivity index (χ0n) is 21.8. The number of aromatic hydroxyl groups is 2. The van der Waals surface area contributed by atoms with Crippen LogP contribution in [-0.2, 0) is 23.2 Å². The highest BCUT2D eigenvalue weighted by Gasteiger charge is 2.39. The molecule has 6 nitrogen and oxygen atoms in total. The van der Waals surface area contributed by atoms with E-state index in [0.29, 0.717) is 30.6 Å².